The second-order valence-electron chi connectivity index (χ2n) is 9.60. The average Bonchev–Trinajstić information content (AvgIpc) is 3.29. The Balaban J connectivity index is 1.28. The molecule has 36 heavy (non-hydrogen) atoms. The van der Waals surface area contributed by atoms with Crippen LogP contribution < -0.4 is 9.64 Å². The van der Waals surface area contributed by atoms with E-state index in [9.17, 15) is 18.7 Å². The minimum absolute atomic E-state index is 0.155. The molecular formula is C27H24F2N4O3. The number of fused-ring (bicyclic) bond motifs is 2. The molecule has 0 spiro atoms. The fourth-order valence-corrected chi connectivity index (χ4v) is 5.37. The van der Waals surface area contributed by atoms with E-state index in [1.54, 1.807) is 30.5 Å². The van der Waals surface area contributed by atoms with Crippen LogP contribution in [0.3, 0.4) is 0 Å². The van der Waals surface area contributed by atoms with Crippen LogP contribution in [0.4, 0.5) is 14.6 Å². The Bertz CT molecular complexity index is 1470. The molecule has 3 aromatic heterocycles. The van der Waals surface area contributed by atoms with Gasteiger partial charge in [0.1, 0.15) is 17.2 Å². The molecule has 2 fully saturated rings. The number of para-hydroxylation sites is 1. The van der Waals surface area contributed by atoms with E-state index in [-0.39, 0.29) is 11.7 Å². The Morgan fingerprint density at radius 3 is 2.72 bits per heavy atom. The van der Waals surface area contributed by atoms with Crippen molar-refractivity contribution < 1.29 is 23.4 Å². The number of aromatic nitrogens is 3. The van der Waals surface area contributed by atoms with Crippen LogP contribution in [0.5, 0.6) is 5.75 Å². The molecule has 6 rings (SSSR count). The van der Waals surface area contributed by atoms with E-state index in [2.05, 4.69) is 9.97 Å². The van der Waals surface area contributed by atoms with Gasteiger partial charge in [0.25, 0.3) is 0 Å². The number of aryl methyl sites for hydroxylation is 1. The van der Waals surface area contributed by atoms with Crippen LogP contribution >= 0.6 is 0 Å². The molecule has 1 saturated carbocycles. The number of imidazole rings is 1. The zero-order valence-electron chi connectivity index (χ0n) is 19.6. The Morgan fingerprint density at radius 2 is 2.00 bits per heavy atom. The lowest BCUT2D eigenvalue weighted by atomic mass is 10.1. The highest BCUT2D eigenvalue weighted by molar-refractivity contribution is 5.81. The van der Waals surface area contributed by atoms with Gasteiger partial charge < -0.3 is 19.1 Å². The third-order valence-corrected chi connectivity index (χ3v) is 7.44. The molecule has 1 saturated heterocycles. The molecule has 2 aliphatic rings. The van der Waals surface area contributed by atoms with Crippen molar-refractivity contribution in [2.24, 2.45) is 11.3 Å². The van der Waals surface area contributed by atoms with Gasteiger partial charge in [-0.1, -0.05) is 18.2 Å². The van der Waals surface area contributed by atoms with Crippen molar-refractivity contribution in [1.29, 1.82) is 0 Å². The van der Waals surface area contributed by atoms with E-state index >= 15 is 0 Å². The smallest absolute Gasteiger partial charge is 0.387 e. The molecule has 9 heteroatoms. The van der Waals surface area contributed by atoms with Crippen LogP contribution in [0, 0.1) is 18.3 Å². The second-order valence-corrected chi connectivity index (χ2v) is 9.60. The molecule has 4 heterocycles. The number of ether oxygens (including phenoxy) is 1. The Hall–Kier alpha value is -4.01. The molecular weight excluding hydrogens is 466 g/mol. The molecule has 2 atom stereocenters. The highest BCUT2D eigenvalue weighted by Crippen LogP contribution is 2.58. The predicted molar refractivity (Wildman–Crippen MR) is 129 cm³/mol. The third kappa shape index (κ3) is 3.75. The summed E-state index contributed by atoms with van der Waals surface area (Å²) in [6, 6.07) is 14.6. The van der Waals surface area contributed by atoms with Crippen molar-refractivity contribution in [1.82, 2.24) is 14.4 Å². The molecule has 7 nitrogen and oxygen atoms in total. The quantitative estimate of drug-likeness (QED) is 0.401. The standard InChI is InChI=1S/C27H24F2N4O3/c1-16-21(10-17-4-2-3-5-22(17)36-26(28)29)33-13-19(7-9-24(33)31-16)18-6-8-23(30-12-18)32-14-20-11-27(20,15-32)25(34)35/h2-9,12-13,20,26H,10-11,14-15H2,1H3,(H,34,35). The van der Waals surface area contributed by atoms with Crippen molar-refractivity contribution in [3.8, 4) is 16.9 Å². The number of piperidine rings is 1. The summed E-state index contributed by atoms with van der Waals surface area (Å²) >= 11 is 0. The summed E-state index contributed by atoms with van der Waals surface area (Å²) in [5.74, 6) is 0.428. The van der Waals surface area contributed by atoms with Gasteiger partial charge in [0, 0.05) is 54.3 Å². The minimum atomic E-state index is -2.89. The van der Waals surface area contributed by atoms with Gasteiger partial charge >= 0.3 is 12.6 Å². The number of benzene rings is 1. The van der Waals surface area contributed by atoms with Gasteiger partial charge in [0.05, 0.1) is 11.1 Å². The topological polar surface area (TPSA) is 80.0 Å². The maximum absolute atomic E-state index is 12.9. The van der Waals surface area contributed by atoms with E-state index in [1.807, 2.05) is 46.7 Å². The zero-order chi connectivity index (χ0) is 25.0. The van der Waals surface area contributed by atoms with E-state index in [0.29, 0.717) is 18.5 Å². The van der Waals surface area contributed by atoms with Crippen molar-refractivity contribution in [3.63, 3.8) is 0 Å². The largest absolute Gasteiger partial charge is 0.481 e. The zero-order valence-corrected chi connectivity index (χ0v) is 19.6. The first-order valence-corrected chi connectivity index (χ1v) is 11.8. The molecule has 1 N–H and O–H groups in total. The fourth-order valence-electron chi connectivity index (χ4n) is 5.37. The van der Waals surface area contributed by atoms with Gasteiger partial charge in [-0.25, -0.2) is 9.97 Å². The SMILES string of the molecule is Cc1nc2ccc(-c3ccc(N4CC5CC5(C(=O)O)C4)nc3)cn2c1Cc1ccccc1OC(F)F. The normalized spacial score (nSPS) is 20.7. The van der Waals surface area contributed by atoms with E-state index in [0.717, 1.165) is 46.9 Å². The van der Waals surface area contributed by atoms with Crippen LogP contribution in [0.2, 0.25) is 0 Å². The number of carboxylic acids is 1. The highest BCUT2D eigenvalue weighted by Gasteiger charge is 2.65. The summed E-state index contributed by atoms with van der Waals surface area (Å²) in [7, 11) is 0. The first-order chi connectivity index (χ1) is 17.3. The molecule has 1 aromatic carbocycles. The molecule has 1 aliphatic carbocycles. The highest BCUT2D eigenvalue weighted by atomic mass is 19.3. The van der Waals surface area contributed by atoms with Gasteiger partial charge in [-0.15, -0.1) is 0 Å². The summed E-state index contributed by atoms with van der Waals surface area (Å²) < 4.78 is 32.4. The lowest BCUT2D eigenvalue weighted by Gasteiger charge is -2.20. The third-order valence-electron chi connectivity index (χ3n) is 7.44. The van der Waals surface area contributed by atoms with Crippen molar-refractivity contribution in [2.75, 3.05) is 18.0 Å². The second kappa shape index (κ2) is 8.29. The maximum Gasteiger partial charge on any atom is 0.387 e. The van der Waals surface area contributed by atoms with Gasteiger partial charge in [-0.3, -0.25) is 4.79 Å². The Labute approximate surface area is 206 Å². The Kier molecular flexibility index (Phi) is 5.17. The van der Waals surface area contributed by atoms with Gasteiger partial charge in [-0.05, 0) is 49.6 Å². The monoisotopic (exact) mass is 490 g/mol. The van der Waals surface area contributed by atoms with Crippen LogP contribution in [0.1, 0.15) is 23.4 Å². The van der Waals surface area contributed by atoms with Crippen LogP contribution in [0.25, 0.3) is 16.8 Å². The molecule has 4 aromatic rings. The summed E-state index contributed by atoms with van der Waals surface area (Å²) in [6.07, 6.45) is 4.91. The molecule has 2 unspecified atom stereocenters. The number of anilines is 1. The van der Waals surface area contributed by atoms with Gasteiger partial charge in [0.15, 0.2) is 0 Å². The number of carbonyl (C=O) groups is 1. The summed E-state index contributed by atoms with van der Waals surface area (Å²) in [4.78, 5) is 22.9. The number of carboxylic acid groups (broad SMARTS) is 1. The maximum atomic E-state index is 12.9. The summed E-state index contributed by atoms with van der Waals surface area (Å²) in [5, 5.41) is 9.53. The summed E-state index contributed by atoms with van der Waals surface area (Å²) in [6.45, 7) is 0.232. The molecule has 184 valence electrons. The lowest BCUT2D eigenvalue weighted by molar-refractivity contribution is -0.143. The molecule has 0 bridgehead atoms. The molecule has 0 radical (unpaired) electrons. The number of hydrogen-bond acceptors (Lipinski definition) is 5. The van der Waals surface area contributed by atoms with E-state index in [1.165, 1.54) is 0 Å². The molecule has 0 amide bonds. The van der Waals surface area contributed by atoms with Gasteiger partial charge in [0.2, 0.25) is 0 Å². The summed E-state index contributed by atoms with van der Waals surface area (Å²) in [5.41, 5.74) is 4.37. The van der Waals surface area contributed by atoms with E-state index < -0.39 is 18.0 Å². The van der Waals surface area contributed by atoms with Gasteiger partial charge in [-0.2, -0.15) is 8.78 Å². The lowest BCUT2D eigenvalue weighted by Crippen LogP contribution is -2.28. The number of rotatable bonds is 7. The number of hydrogen-bond donors (Lipinski definition) is 1. The number of aliphatic carboxylic acids is 1. The van der Waals surface area contributed by atoms with Crippen LogP contribution in [0.15, 0.2) is 60.9 Å². The van der Waals surface area contributed by atoms with E-state index in [4.69, 9.17) is 4.74 Å². The average molecular weight is 491 g/mol. The molecule has 1 aliphatic heterocycles. The van der Waals surface area contributed by atoms with Crippen LogP contribution in [-0.4, -0.2) is 45.1 Å². The minimum Gasteiger partial charge on any atom is -0.481 e. The van der Waals surface area contributed by atoms with Crippen molar-refractivity contribution in [2.45, 2.75) is 26.4 Å². The van der Waals surface area contributed by atoms with Crippen molar-refractivity contribution >= 4 is 17.4 Å². The number of pyridine rings is 2. The van der Waals surface area contributed by atoms with Crippen LogP contribution in [-0.2, 0) is 11.2 Å². The number of alkyl halides is 2. The Morgan fingerprint density at radius 1 is 1.19 bits per heavy atom. The fraction of sp³-hybridized carbons (Fsp3) is 0.296. The predicted octanol–water partition coefficient (Wildman–Crippen LogP) is 4.81. The van der Waals surface area contributed by atoms with Crippen molar-refractivity contribution in [3.05, 3.63) is 77.9 Å². The number of halogens is 2. The first kappa shape index (κ1) is 22.5. The number of nitrogens with zero attached hydrogens (tertiary/aromatic N) is 4. The first-order valence-electron chi connectivity index (χ1n) is 11.8.